The van der Waals surface area contributed by atoms with Gasteiger partial charge in [0, 0.05) is 31.6 Å². The van der Waals surface area contributed by atoms with Gasteiger partial charge in [0.15, 0.2) is 0 Å². The number of methoxy groups -OCH3 is 1. The van der Waals surface area contributed by atoms with Crippen molar-refractivity contribution >= 4 is 24.0 Å². The minimum Gasteiger partial charge on any atom is -0.495 e. The molecule has 3 nitrogen and oxygen atoms in total. The summed E-state index contributed by atoms with van der Waals surface area (Å²) < 4.78 is 5.20. The minimum absolute atomic E-state index is 0. The lowest BCUT2D eigenvalue weighted by atomic mass is 9.95. The second-order valence-corrected chi connectivity index (χ2v) is 6.25. The van der Waals surface area contributed by atoms with Gasteiger partial charge in [-0.05, 0) is 23.3 Å². The summed E-state index contributed by atoms with van der Waals surface area (Å²) >= 11 is 6.20. The van der Waals surface area contributed by atoms with Gasteiger partial charge in [0.05, 0.1) is 12.1 Å². The van der Waals surface area contributed by atoms with Crippen molar-refractivity contribution in [2.24, 2.45) is 5.73 Å². The van der Waals surface area contributed by atoms with Crippen LogP contribution in [0.5, 0.6) is 5.75 Å². The van der Waals surface area contributed by atoms with Crippen molar-refractivity contribution in [1.29, 1.82) is 0 Å². The molecule has 0 amide bonds. The third-order valence-electron chi connectivity index (χ3n) is 4.29. The Morgan fingerprint density at radius 3 is 2.57 bits per heavy atom. The number of benzene rings is 2. The number of nitrogens with two attached hydrogens (primary N) is 1. The third-order valence-corrected chi connectivity index (χ3v) is 4.59. The molecule has 0 bridgehead atoms. The van der Waals surface area contributed by atoms with Gasteiger partial charge in [-0.25, -0.2) is 0 Å². The second-order valence-electron chi connectivity index (χ2n) is 5.84. The van der Waals surface area contributed by atoms with E-state index in [1.165, 1.54) is 11.1 Å². The van der Waals surface area contributed by atoms with Crippen LogP contribution in [0.15, 0.2) is 48.5 Å². The second kappa shape index (κ2) is 8.02. The lowest BCUT2D eigenvalue weighted by Crippen LogP contribution is -2.28. The number of ether oxygens (including phenoxy) is 1. The Balaban J connectivity index is 0.00000192. The van der Waals surface area contributed by atoms with Crippen LogP contribution in [0.1, 0.15) is 17.0 Å². The van der Waals surface area contributed by atoms with Crippen molar-refractivity contribution in [2.45, 2.75) is 18.5 Å². The predicted octanol–water partition coefficient (Wildman–Crippen LogP) is 3.70. The molecule has 0 aliphatic carbocycles. The van der Waals surface area contributed by atoms with Crippen LogP contribution in [0.2, 0.25) is 5.02 Å². The van der Waals surface area contributed by atoms with Crippen LogP contribution in [0, 0.1) is 0 Å². The summed E-state index contributed by atoms with van der Waals surface area (Å²) in [7, 11) is 1.63. The molecular formula is C18H22Cl2N2O. The maximum atomic E-state index is 6.34. The van der Waals surface area contributed by atoms with Gasteiger partial charge in [0.25, 0.3) is 0 Å². The van der Waals surface area contributed by atoms with Gasteiger partial charge in [-0.2, -0.15) is 0 Å². The van der Waals surface area contributed by atoms with E-state index in [9.17, 15) is 0 Å². The lowest BCUT2D eigenvalue weighted by Gasteiger charge is -2.16. The van der Waals surface area contributed by atoms with Gasteiger partial charge < -0.3 is 10.5 Å². The van der Waals surface area contributed by atoms with Crippen LogP contribution in [-0.2, 0) is 6.54 Å². The SMILES string of the molecule is COc1ccc(CN2C[C@@H](N)[C@H](c3ccccc3)C2)cc1Cl.Cl. The Hall–Kier alpha value is -1.26. The summed E-state index contributed by atoms with van der Waals surface area (Å²) in [4.78, 5) is 2.39. The molecule has 0 unspecified atom stereocenters. The molecule has 5 heteroatoms. The Labute approximate surface area is 148 Å². The Morgan fingerprint density at radius 2 is 1.91 bits per heavy atom. The number of halogens is 2. The van der Waals surface area contributed by atoms with Crippen molar-refractivity contribution < 1.29 is 4.74 Å². The molecule has 124 valence electrons. The molecule has 1 fully saturated rings. The highest BCUT2D eigenvalue weighted by Crippen LogP contribution is 2.29. The summed E-state index contributed by atoms with van der Waals surface area (Å²) in [5, 5.41) is 0.656. The zero-order chi connectivity index (χ0) is 15.5. The van der Waals surface area contributed by atoms with E-state index in [1.54, 1.807) is 7.11 Å². The normalized spacial score (nSPS) is 21.0. The van der Waals surface area contributed by atoms with Gasteiger partial charge in [-0.15, -0.1) is 12.4 Å². The van der Waals surface area contributed by atoms with Crippen LogP contribution in [0.3, 0.4) is 0 Å². The number of nitrogens with zero attached hydrogens (tertiary/aromatic N) is 1. The maximum absolute atomic E-state index is 6.34. The topological polar surface area (TPSA) is 38.5 Å². The predicted molar refractivity (Wildman–Crippen MR) is 97.7 cm³/mol. The molecule has 2 atom stereocenters. The maximum Gasteiger partial charge on any atom is 0.137 e. The van der Waals surface area contributed by atoms with E-state index >= 15 is 0 Å². The fraction of sp³-hybridized carbons (Fsp3) is 0.333. The fourth-order valence-electron chi connectivity index (χ4n) is 3.16. The van der Waals surface area contributed by atoms with Crippen LogP contribution in [0.4, 0.5) is 0 Å². The van der Waals surface area contributed by atoms with Gasteiger partial charge in [-0.1, -0.05) is 48.0 Å². The third kappa shape index (κ3) is 4.18. The molecule has 1 aliphatic heterocycles. The molecule has 23 heavy (non-hydrogen) atoms. The average Bonchev–Trinajstić information content (AvgIpc) is 2.89. The number of rotatable bonds is 4. The largest absolute Gasteiger partial charge is 0.495 e. The van der Waals surface area contributed by atoms with Gasteiger partial charge in [-0.3, -0.25) is 4.90 Å². The standard InChI is InChI=1S/C18H21ClN2O.ClH/c1-22-18-8-7-13(9-16(18)19)10-21-11-15(17(20)12-21)14-5-3-2-4-6-14;/h2-9,15,17H,10-12,20H2,1H3;1H/t15-,17+;/m0./s1. The van der Waals surface area contributed by atoms with Crippen LogP contribution < -0.4 is 10.5 Å². The minimum atomic E-state index is 0. The van der Waals surface area contributed by atoms with Crippen molar-refractivity contribution in [3.8, 4) is 5.75 Å². The molecule has 0 radical (unpaired) electrons. The van der Waals surface area contributed by atoms with E-state index < -0.39 is 0 Å². The summed E-state index contributed by atoms with van der Waals surface area (Å²) in [5.41, 5.74) is 8.85. The van der Waals surface area contributed by atoms with Crippen LogP contribution in [-0.4, -0.2) is 31.1 Å². The first kappa shape index (κ1) is 18.1. The molecule has 1 aliphatic rings. The first-order valence-corrected chi connectivity index (χ1v) is 7.90. The first-order valence-electron chi connectivity index (χ1n) is 7.52. The summed E-state index contributed by atoms with van der Waals surface area (Å²) in [5.74, 6) is 1.11. The lowest BCUT2D eigenvalue weighted by molar-refractivity contribution is 0.323. The van der Waals surface area contributed by atoms with Crippen molar-refractivity contribution in [1.82, 2.24) is 4.90 Å². The fourth-order valence-corrected chi connectivity index (χ4v) is 3.44. The quantitative estimate of drug-likeness (QED) is 0.911. The molecule has 1 heterocycles. The molecule has 0 aromatic heterocycles. The molecule has 3 rings (SSSR count). The van der Waals surface area contributed by atoms with Crippen LogP contribution in [0.25, 0.3) is 0 Å². The van der Waals surface area contributed by atoms with E-state index in [0.717, 1.165) is 19.6 Å². The molecule has 2 aromatic rings. The molecule has 2 N–H and O–H groups in total. The number of hydrogen-bond donors (Lipinski definition) is 1. The summed E-state index contributed by atoms with van der Waals surface area (Å²) in [6.07, 6.45) is 0. The number of likely N-dealkylation sites (tertiary alicyclic amines) is 1. The highest BCUT2D eigenvalue weighted by atomic mass is 35.5. The van der Waals surface area contributed by atoms with E-state index in [0.29, 0.717) is 16.7 Å². The Morgan fingerprint density at radius 1 is 1.17 bits per heavy atom. The summed E-state index contributed by atoms with van der Waals surface area (Å²) in [6.45, 7) is 2.75. The van der Waals surface area contributed by atoms with E-state index in [-0.39, 0.29) is 18.4 Å². The Kier molecular flexibility index (Phi) is 6.31. The molecule has 2 aromatic carbocycles. The Bertz CT molecular complexity index is 636. The molecule has 0 spiro atoms. The van der Waals surface area contributed by atoms with E-state index in [1.807, 2.05) is 18.2 Å². The first-order chi connectivity index (χ1) is 10.7. The zero-order valence-electron chi connectivity index (χ0n) is 13.1. The van der Waals surface area contributed by atoms with Crippen molar-refractivity contribution in [3.63, 3.8) is 0 Å². The molecule has 1 saturated heterocycles. The van der Waals surface area contributed by atoms with E-state index in [2.05, 4.69) is 35.2 Å². The zero-order valence-corrected chi connectivity index (χ0v) is 14.7. The monoisotopic (exact) mass is 352 g/mol. The molecular weight excluding hydrogens is 331 g/mol. The van der Waals surface area contributed by atoms with Crippen molar-refractivity contribution in [3.05, 3.63) is 64.7 Å². The summed E-state index contributed by atoms with van der Waals surface area (Å²) in [6, 6.07) is 16.7. The highest BCUT2D eigenvalue weighted by Gasteiger charge is 2.31. The van der Waals surface area contributed by atoms with Gasteiger partial charge >= 0.3 is 0 Å². The number of hydrogen-bond acceptors (Lipinski definition) is 3. The average molecular weight is 353 g/mol. The highest BCUT2D eigenvalue weighted by molar-refractivity contribution is 6.32. The van der Waals surface area contributed by atoms with Crippen LogP contribution >= 0.6 is 24.0 Å². The van der Waals surface area contributed by atoms with E-state index in [4.69, 9.17) is 22.1 Å². The van der Waals surface area contributed by atoms with Crippen molar-refractivity contribution in [2.75, 3.05) is 20.2 Å². The van der Waals surface area contributed by atoms with Gasteiger partial charge in [0.1, 0.15) is 5.75 Å². The molecule has 0 saturated carbocycles. The smallest absolute Gasteiger partial charge is 0.137 e. The van der Waals surface area contributed by atoms with Gasteiger partial charge in [0.2, 0.25) is 0 Å².